The standard InChI is InChI=1S/C26H32N4O4S/c1-7-23(25(32)27-20-10-8-9-19(15-20)17(4)31)35-26-29-28-24(30(26)16(2)3)18(5)34-22-13-11-21(33-6)12-14-22/h8-16,18,23H,7H2,1-6H3,(H,27,32). The Kier molecular flexibility index (Phi) is 8.92. The molecule has 1 aromatic heterocycles. The Morgan fingerprint density at radius 1 is 1.06 bits per heavy atom. The Morgan fingerprint density at radius 2 is 1.74 bits per heavy atom. The summed E-state index contributed by atoms with van der Waals surface area (Å²) in [6.07, 6.45) is 0.247. The van der Waals surface area contributed by atoms with Gasteiger partial charge < -0.3 is 19.4 Å². The van der Waals surface area contributed by atoms with Crippen molar-refractivity contribution >= 4 is 29.1 Å². The van der Waals surface area contributed by atoms with E-state index in [2.05, 4.69) is 15.5 Å². The Balaban J connectivity index is 1.76. The van der Waals surface area contributed by atoms with Crippen molar-refractivity contribution in [3.8, 4) is 11.5 Å². The maximum absolute atomic E-state index is 13.0. The van der Waals surface area contributed by atoms with E-state index in [1.807, 2.05) is 56.5 Å². The third kappa shape index (κ3) is 6.63. The Morgan fingerprint density at radius 3 is 2.34 bits per heavy atom. The lowest BCUT2D eigenvalue weighted by Crippen LogP contribution is -2.25. The van der Waals surface area contributed by atoms with Crippen LogP contribution in [0.2, 0.25) is 0 Å². The summed E-state index contributed by atoms with van der Waals surface area (Å²) in [4.78, 5) is 24.7. The van der Waals surface area contributed by atoms with Gasteiger partial charge in [0.15, 0.2) is 22.9 Å². The molecule has 2 atom stereocenters. The molecule has 186 valence electrons. The Bertz CT molecular complexity index is 1160. The molecule has 1 amide bonds. The number of carbonyl (C=O) groups is 2. The quantitative estimate of drug-likeness (QED) is 0.268. The van der Waals surface area contributed by atoms with Gasteiger partial charge in [0, 0.05) is 17.3 Å². The highest BCUT2D eigenvalue weighted by atomic mass is 32.2. The van der Waals surface area contributed by atoms with Crippen LogP contribution in [0.1, 0.15) is 69.4 Å². The average molecular weight is 497 g/mol. The number of rotatable bonds is 11. The van der Waals surface area contributed by atoms with E-state index in [-0.39, 0.29) is 29.1 Å². The molecule has 0 bridgehead atoms. The fraction of sp³-hybridized carbons (Fsp3) is 0.385. The first-order valence-electron chi connectivity index (χ1n) is 11.6. The first-order valence-corrected chi connectivity index (χ1v) is 12.5. The highest BCUT2D eigenvalue weighted by molar-refractivity contribution is 8.00. The lowest BCUT2D eigenvalue weighted by Gasteiger charge is -2.20. The minimum Gasteiger partial charge on any atom is -0.497 e. The van der Waals surface area contributed by atoms with Gasteiger partial charge in [0.25, 0.3) is 0 Å². The summed E-state index contributed by atoms with van der Waals surface area (Å²) < 4.78 is 13.3. The first kappa shape index (κ1) is 26.3. The monoisotopic (exact) mass is 496 g/mol. The van der Waals surface area contributed by atoms with Crippen LogP contribution in [0.15, 0.2) is 53.7 Å². The van der Waals surface area contributed by atoms with Crippen LogP contribution in [-0.2, 0) is 4.79 Å². The molecule has 3 aromatic rings. The lowest BCUT2D eigenvalue weighted by molar-refractivity contribution is -0.115. The van der Waals surface area contributed by atoms with Crippen molar-refractivity contribution in [3.05, 3.63) is 59.9 Å². The summed E-state index contributed by atoms with van der Waals surface area (Å²) in [6.45, 7) is 9.47. The van der Waals surface area contributed by atoms with Crippen LogP contribution in [0.4, 0.5) is 5.69 Å². The van der Waals surface area contributed by atoms with Crippen LogP contribution in [0.3, 0.4) is 0 Å². The highest BCUT2D eigenvalue weighted by Crippen LogP contribution is 2.31. The summed E-state index contributed by atoms with van der Waals surface area (Å²) in [5.74, 6) is 1.93. The van der Waals surface area contributed by atoms with Gasteiger partial charge in [0.05, 0.1) is 12.4 Å². The molecule has 2 unspecified atom stereocenters. The number of methoxy groups -OCH3 is 1. The second kappa shape index (κ2) is 11.9. The number of benzene rings is 2. The van der Waals surface area contributed by atoms with Gasteiger partial charge in [-0.1, -0.05) is 30.8 Å². The number of nitrogens with one attached hydrogen (secondary N) is 1. The number of thioether (sulfide) groups is 1. The zero-order valence-corrected chi connectivity index (χ0v) is 21.8. The zero-order chi connectivity index (χ0) is 25.5. The third-order valence-electron chi connectivity index (χ3n) is 5.39. The number of anilines is 1. The fourth-order valence-corrected chi connectivity index (χ4v) is 4.62. The topological polar surface area (TPSA) is 95.3 Å². The first-order chi connectivity index (χ1) is 16.7. The molecule has 0 saturated heterocycles. The van der Waals surface area contributed by atoms with E-state index in [0.717, 1.165) is 5.75 Å². The van der Waals surface area contributed by atoms with Crippen molar-refractivity contribution in [1.29, 1.82) is 0 Å². The summed E-state index contributed by atoms with van der Waals surface area (Å²) in [6, 6.07) is 14.4. The molecule has 0 aliphatic rings. The second-order valence-electron chi connectivity index (χ2n) is 8.38. The highest BCUT2D eigenvalue weighted by Gasteiger charge is 2.26. The average Bonchev–Trinajstić information content (AvgIpc) is 3.27. The van der Waals surface area contributed by atoms with E-state index in [4.69, 9.17) is 9.47 Å². The predicted octanol–water partition coefficient (Wildman–Crippen LogP) is 5.72. The molecule has 1 heterocycles. The number of aromatic nitrogens is 3. The molecule has 0 aliphatic carbocycles. The van der Waals surface area contributed by atoms with E-state index >= 15 is 0 Å². The summed E-state index contributed by atoms with van der Waals surface area (Å²) in [5, 5.41) is 12.0. The van der Waals surface area contributed by atoms with Crippen LogP contribution in [0.5, 0.6) is 11.5 Å². The summed E-state index contributed by atoms with van der Waals surface area (Å²) in [5.41, 5.74) is 1.15. The van der Waals surface area contributed by atoms with Crippen LogP contribution in [0.25, 0.3) is 0 Å². The van der Waals surface area contributed by atoms with E-state index in [0.29, 0.717) is 34.4 Å². The molecule has 0 radical (unpaired) electrons. The van der Waals surface area contributed by atoms with Crippen molar-refractivity contribution in [2.45, 2.75) is 63.6 Å². The Labute approximate surface area is 210 Å². The molecule has 2 aromatic carbocycles. The van der Waals surface area contributed by atoms with Crippen LogP contribution < -0.4 is 14.8 Å². The minimum absolute atomic E-state index is 0.0499. The minimum atomic E-state index is -0.386. The van der Waals surface area contributed by atoms with Crippen molar-refractivity contribution < 1.29 is 19.1 Å². The smallest absolute Gasteiger partial charge is 0.237 e. The molecule has 0 fully saturated rings. The van der Waals surface area contributed by atoms with Gasteiger partial charge >= 0.3 is 0 Å². The van der Waals surface area contributed by atoms with Gasteiger partial charge in [-0.25, -0.2) is 0 Å². The molecular formula is C26H32N4O4S. The molecule has 9 heteroatoms. The fourth-order valence-electron chi connectivity index (χ4n) is 3.53. The third-order valence-corrected chi connectivity index (χ3v) is 6.71. The Hall–Kier alpha value is -3.33. The van der Waals surface area contributed by atoms with Crippen molar-refractivity contribution in [2.24, 2.45) is 0 Å². The summed E-state index contributed by atoms with van der Waals surface area (Å²) in [7, 11) is 1.62. The van der Waals surface area contributed by atoms with E-state index in [1.54, 1.807) is 31.4 Å². The number of hydrogen-bond donors (Lipinski definition) is 1. The zero-order valence-electron chi connectivity index (χ0n) is 20.9. The van der Waals surface area contributed by atoms with Gasteiger partial charge in [0.1, 0.15) is 11.5 Å². The van der Waals surface area contributed by atoms with Crippen LogP contribution >= 0.6 is 11.8 Å². The lowest BCUT2D eigenvalue weighted by atomic mass is 10.1. The molecule has 35 heavy (non-hydrogen) atoms. The number of ketones is 1. The predicted molar refractivity (Wildman–Crippen MR) is 137 cm³/mol. The number of Topliss-reactive ketones (excluding diaryl/α,β-unsaturated/α-hetero) is 1. The number of carbonyl (C=O) groups excluding carboxylic acids is 2. The van der Waals surface area contributed by atoms with Gasteiger partial charge in [-0.3, -0.25) is 9.59 Å². The summed E-state index contributed by atoms with van der Waals surface area (Å²) >= 11 is 1.37. The molecule has 3 rings (SSSR count). The normalized spacial score (nSPS) is 12.8. The maximum atomic E-state index is 13.0. The number of amides is 1. The largest absolute Gasteiger partial charge is 0.497 e. The number of hydrogen-bond acceptors (Lipinski definition) is 7. The molecule has 1 N–H and O–H groups in total. The van der Waals surface area contributed by atoms with Gasteiger partial charge in [-0.05, 0) is 70.5 Å². The number of ether oxygens (including phenoxy) is 2. The van der Waals surface area contributed by atoms with Crippen molar-refractivity contribution in [2.75, 3.05) is 12.4 Å². The second-order valence-corrected chi connectivity index (χ2v) is 9.55. The molecule has 8 nitrogen and oxygen atoms in total. The van der Waals surface area contributed by atoms with Crippen molar-refractivity contribution in [1.82, 2.24) is 14.8 Å². The van der Waals surface area contributed by atoms with Crippen LogP contribution in [0, 0.1) is 0 Å². The molecular weight excluding hydrogens is 464 g/mol. The van der Waals surface area contributed by atoms with E-state index in [1.165, 1.54) is 18.7 Å². The molecule has 0 saturated carbocycles. The molecule has 0 spiro atoms. The SMILES string of the molecule is CCC(Sc1nnc(C(C)Oc2ccc(OC)cc2)n1C(C)C)C(=O)Nc1cccc(C(C)=O)c1. The van der Waals surface area contributed by atoms with Crippen molar-refractivity contribution in [3.63, 3.8) is 0 Å². The number of nitrogens with zero attached hydrogens (tertiary/aromatic N) is 3. The van der Waals surface area contributed by atoms with E-state index < -0.39 is 0 Å². The van der Waals surface area contributed by atoms with Gasteiger partial charge in [0.2, 0.25) is 5.91 Å². The maximum Gasteiger partial charge on any atom is 0.237 e. The van der Waals surface area contributed by atoms with E-state index in [9.17, 15) is 9.59 Å². The van der Waals surface area contributed by atoms with Crippen LogP contribution in [-0.4, -0.2) is 38.8 Å². The van der Waals surface area contributed by atoms with Gasteiger partial charge in [-0.15, -0.1) is 10.2 Å². The molecule has 0 aliphatic heterocycles. The van der Waals surface area contributed by atoms with Gasteiger partial charge in [-0.2, -0.15) is 0 Å².